The Hall–Kier alpha value is -3.81. The van der Waals surface area contributed by atoms with Gasteiger partial charge in [-0.25, -0.2) is 9.97 Å². The van der Waals surface area contributed by atoms with E-state index < -0.39 is 11.7 Å². The lowest BCUT2D eigenvalue weighted by atomic mass is 10.0. The van der Waals surface area contributed by atoms with Gasteiger partial charge in [0.15, 0.2) is 11.5 Å². The average molecular weight is 453 g/mol. The number of hydrogen-bond acceptors (Lipinski definition) is 5. The first kappa shape index (κ1) is 22.4. The van der Waals surface area contributed by atoms with E-state index in [0.717, 1.165) is 23.1 Å². The van der Waals surface area contributed by atoms with Crippen LogP contribution in [0.1, 0.15) is 17.0 Å². The number of halogens is 3. The molecule has 5 nitrogen and oxygen atoms in total. The number of nitrogens with one attached hydrogen (secondary N) is 1. The third kappa shape index (κ3) is 4.84. The van der Waals surface area contributed by atoms with Crippen LogP contribution in [0.4, 0.5) is 19.0 Å². The van der Waals surface area contributed by atoms with E-state index >= 15 is 0 Å². The minimum Gasteiger partial charge on any atom is -0.493 e. The summed E-state index contributed by atoms with van der Waals surface area (Å²) in [6.07, 6.45) is -4.38. The molecule has 0 fully saturated rings. The van der Waals surface area contributed by atoms with Crippen molar-refractivity contribution in [3.8, 4) is 22.6 Å². The van der Waals surface area contributed by atoms with E-state index in [0.29, 0.717) is 46.3 Å². The normalized spacial score (nSPS) is 11.5. The van der Waals surface area contributed by atoms with Gasteiger partial charge in [0.2, 0.25) is 0 Å². The molecule has 8 heteroatoms. The van der Waals surface area contributed by atoms with Gasteiger partial charge in [0.05, 0.1) is 25.3 Å². The van der Waals surface area contributed by atoms with Crippen LogP contribution in [0.3, 0.4) is 0 Å². The fraction of sp³-hybridized carbons (Fsp3) is 0.200. The first-order valence-corrected chi connectivity index (χ1v) is 10.2. The van der Waals surface area contributed by atoms with E-state index in [4.69, 9.17) is 9.47 Å². The van der Waals surface area contributed by atoms with Gasteiger partial charge in [0.25, 0.3) is 0 Å². The molecule has 0 aliphatic heterocycles. The van der Waals surface area contributed by atoms with Crippen LogP contribution in [0.5, 0.6) is 11.5 Å². The standard InChI is InChI=1S/C25H22F3N3O2/c1-15-30-21-13-23(33-3)22(32-2)12-20(21)24(31-15)29-14-16-6-4-7-17(10-16)18-8-5-9-19(11-18)25(26,27)28/h4-13H,14H2,1-3H3,(H,29,30,31). The van der Waals surface area contributed by atoms with Crippen LogP contribution in [0.25, 0.3) is 22.0 Å². The number of benzene rings is 3. The highest BCUT2D eigenvalue weighted by Crippen LogP contribution is 2.35. The van der Waals surface area contributed by atoms with Gasteiger partial charge >= 0.3 is 6.18 Å². The molecule has 0 amide bonds. The molecule has 0 bridgehead atoms. The Labute approximate surface area is 189 Å². The number of methoxy groups -OCH3 is 2. The van der Waals surface area contributed by atoms with Gasteiger partial charge < -0.3 is 14.8 Å². The number of alkyl halides is 3. The van der Waals surface area contributed by atoms with Crippen molar-refractivity contribution in [2.45, 2.75) is 19.6 Å². The van der Waals surface area contributed by atoms with Crippen molar-refractivity contribution in [1.29, 1.82) is 0 Å². The number of rotatable bonds is 6. The molecule has 4 aromatic rings. The average Bonchev–Trinajstić information content (AvgIpc) is 2.81. The third-order valence-electron chi connectivity index (χ3n) is 5.22. The Morgan fingerprint density at radius 1 is 0.848 bits per heavy atom. The molecule has 0 atom stereocenters. The maximum Gasteiger partial charge on any atom is 0.416 e. The van der Waals surface area contributed by atoms with Gasteiger partial charge in [-0.15, -0.1) is 0 Å². The second-order valence-electron chi connectivity index (χ2n) is 7.48. The van der Waals surface area contributed by atoms with Crippen LogP contribution in [0.2, 0.25) is 0 Å². The predicted molar refractivity (Wildman–Crippen MR) is 122 cm³/mol. The highest BCUT2D eigenvalue weighted by atomic mass is 19.4. The molecule has 1 heterocycles. The van der Waals surface area contributed by atoms with E-state index in [1.165, 1.54) is 6.07 Å². The lowest BCUT2D eigenvalue weighted by Crippen LogP contribution is -2.05. The number of ether oxygens (including phenoxy) is 2. The molecule has 0 aliphatic carbocycles. The van der Waals surface area contributed by atoms with Crippen molar-refractivity contribution in [2.75, 3.05) is 19.5 Å². The van der Waals surface area contributed by atoms with E-state index in [1.54, 1.807) is 39.3 Å². The van der Waals surface area contributed by atoms with Crippen LogP contribution < -0.4 is 14.8 Å². The molecule has 4 rings (SSSR count). The molecular weight excluding hydrogens is 431 g/mol. The van der Waals surface area contributed by atoms with E-state index in [2.05, 4.69) is 15.3 Å². The molecule has 0 saturated heterocycles. The van der Waals surface area contributed by atoms with Crippen molar-refractivity contribution >= 4 is 16.7 Å². The molecule has 1 aromatic heterocycles. The number of anilines is 1. The van der Waals surface area contributed by atoms with Crippen LogP contribution in [0.15, 0.2) is 60.7 Å². The first-order chi connectivity index (χ1) is 15.8. The molecule has 0 radical (unpaired) electrons. The van der Waals surface area contributed by atoms with Gasteiger partial charge in [-0.1, -0.05) is 30.3 Å². The van der Waals surface area contributed by atoms with Crippen molar-refractivity contribution in [1.82, 2.24) is 9.97 Å². The summed E-state index contributed by atoms with van der Waals surface area (Å²) in [4.78, 5) is 9.00. The molecule has 0 aliphatic rings. The van der Waals surface area contributed by atoms with Crippen LogP contribution in [-0.2, 0) is 12.7 Å². The second-order valence-corrected chi connectivity index (χ2v) is 7.48. The van der Waals surface area contributed by atoms with Crippen LogP contribution >= 0.6 is 0 Å². The van der Waals surface area contributed by atoms with Gasteiger partial charge in [-0.2, -0.15) is 13.2 Å². The lowest BCUT2D eigenvalue weighted by Gasteiger charge is -2.14. The second kappa shape index (κ2) is 8.97. The Balaban J connectivity index is 1.63. The number of nitrogens with zero attached hydrogens (tertiary/aromatic N) is 2. The zero-order valence-electron chi connectivity index (χ0n) is 18.3. The summed E-state index contributed by atoms with van der Waals surface area (Å²) in [5, 5.41) is 4.09. The molecule has 0 unspecified atom stereocenters. The first-order valence-electron chi connectivity index (χ1n) is 10.2. The summed E-state index contributed by atoms with van der Waals surface area (Å²) in [5.74, 6) is 2.35. The topological polar surface area (TPSA) is 56.3 Å². The molecule has 0 saturated carbocycles. The van der Waals surface area contributed by atoms with Crippen LogP contribution in [-0.4, -0.2) is 24.2 Å². The van der Waals surface area contributed by atoms with Crippen molar-refractivity contribution < 1.29 is 22.6 Å². The van der Waals surface area contributed by atoms with Crippen molar-refractivity contribution in [3.63, 3.8) is 0 Å². The number of aryl methyl sites for hydroxylation is 1. The minimum absolute atomic E-state index is 0.423. The summed E-state index contributed by atoms with van der Waals surface area (Å²) in [7, 11) is 3.12. The SMILES string of the molecule is COc1cc2nc(C)nc(NCc3cccc(-c4cccc(C(F)(F)F)c4)c3)c2cc1OC. The molecule has 33 heavy (non-hydrogen) atoms. The van der Waals surface area contributed by atoms with Gasteiger partial charge in [-0.3, -0.25) is 0 Å². The van der Waals surface area contributed by atoms with Gasteiger partial charge in [-0.05, 0) is 47.9 Å². The van der Waals surface area contributed by atoms with Crippen molar-refractivity contribution in [2.24, 2.45) is 0 Å². The van der Waals surface area contributed by atoms with E-state index in [1.807, 2.05) is 24.3 Å². The van der Waals surface area contributed by atoms with Crippen molar-refractivity contribution in [3.05, 3.63) is 77.6 Å². The predicted octanol–water partition coefficient (Wildman–Crippen LogP) is 6.25. The molecule has 3 aromatic carbocycles. The van der Waals surface area contributed by atoms with Gasteiger partial charge in [0, 0.05) is 18.0 Å². The number of fused-ring (bicyclic) bond motifs is 1. The summed E-state index contributed by atoms with van der Waals surface area (Å²) in [5.41, 5.74) is 2.15. The maximum atomic E-state index is 13.1. The summed E-state index contributed by atoms with van der Waals surface area (Å²) in [6.45, 7) is 2.22. The summed E-state index contributed by atoms with van der Waals surface area (Å²) in [6, 6.07) is 16.3. The Kier molecular flexibility index (Phi) is 6.09. The maximum absolute atomic E-state index is 13.1. The number of hydrogen-bond donors (Lipinski definition) is 1. The smallest absolute Gasteiger partial charge is 0.416 e. The van der Waals surface area contributed by atoms with E-state index in [9.17, 15) is 13.2 Å². The zero-order valence-corrected chi connectivity index (χ0v) is 18.3. The zero-order chi connectivity index (χ0) is 23.6. The largest absolute Gasteiger partial charge is 0.493 e. The Morgan fingerprint density at radius 3 is 2.21 bits per heavy atom. The molecular formula is C25H22F3N3O2. The Bertz CT molecular complexity index is 1310. The number of aromatic nitrogens is 2. The minimum atomic E-state index is -4.38. The fourth-order valence-electron chi connectivity index (χ4n) is 3.63. The summed E-state index contributed by atoms with van der Waals surface area (Å²) >= 11 is 0. The lowest BCUT2D eigenvalue weighted by molar-refractivity contribution is -0.137. The summed E-state index contributed by atoms with van der Waals surface area (Å²) < 4.78 is 50.0. The van der Waals surface area contributed by atoms with E-state index in [-0.39, 0.29) is 0 Å². The molecule has 1 N–H and O–H groups in total. The molecule has 0 spiro atoms. The van der Waals surface area contributed by atoms with Gasteiger partial charge in [0.1, 0.15) is 11.6 Å². The van der Waals surface area contributed by atoms with Crippen LogP contribution in [0, 0.1) is 6.92 Å². The monoisotopic (exact) mass is 453 g/mol. The highest BCUT2D eigenvalue weighted by Gasteiger charge is 2.30. The molecule has 170 valence electrons. The fourth-order valence-corrected chi connectivity index (χ4v) is 3.63. The third-order valence-corrected chi connectivity index (χ3v) is 5.22. The quantitative estimate of drug-likeness (QED) is 0.374. The Morgan fingerprint density at radius 2 is 1.52 bits per heavy atom. The highest BCUT2D eigenvalue weighted by molar-refractivity contribution is 5.91.